The number of nitrogens with one attached hydrogen (secondary N) is 1. The fraction of sp³-hybridized carbons (Fsp3) is 0.579. The van der Waals surface area contributed by atoms with E-state index >= 15 is 0 Å². The van der Waals surface area contributed by atoms with Crippen LogP contribution in [0.4, 0.5) is 5.69 Å². The lowest BCUT2D eigenvalue weighted by molar-refractivity contribution is -0.384. The van der Waals surface area contributed by atoms with Crippen molar-refractivity contribution in [3.05, 3.63) is 39.9 Å². The first-order valence-corrected chi connectivity index (χ1v) is 10.8. The van der Waals surface area contributed by atoms with Crippen LogP contribution in [0.3, 0.4) is 0 Å². The van der Waals surface area contributed by atoms with Crippen molar-refractivity contribution in [3.8, 4) is 0 Å². The zero-order valence-electron chi connectivity index (χ0n) is 15.7. The summed E-state index contributed by atoms with van der Waals surface area (Å²) in [5.74, 6) is 0.724. The molecule has 1 unspecified atom stereocenters. The second-order valence-corrected chi connectivity index (χ2v) is 8.30. The number of hydrogen-bond acceptors (Lipinski definition) is 6. The largest absolute Gasteiger partial charge is 0.467 e. The van der Waals surface area contributed by atoms with Gasteiger partial charge in [-0.2, -0.15) is 11.8 Å². The number of hydrogen-bond donors (Lipinski definition) is 1. The minimum Gasteiger partial charge on any atom is -0.467 e. The van der Waals surface area contributed by atoms with Crippen LogP contribution in [-0.2, 0) is 16.0 Å². The molecule has 0 amide bonds. The molecule has 0 saturated heterocycles. The van der Waals surface area contributed by atoms with Gasteiger partial charge in [0.1, 0.15) is 6.04 Å². The number of rotatable bonds is 10. The van der Waals surface area contributed by atoms with Gasteiger partial charge in [0.25, 0.3) is 5.69 Å². The van der Waals surface area contributed by atoms with E-state index in [4.69, 9.17) is 17.0 Å². The number of non-ortho nitro benzene ring substituents is 1. The Kier molecular flexibility index (Phi) is 8.04. The molecule has 1 aliphatic rings. The molecule has 1 atom stereocenters. The fourth-order valence-electron chi connectivity index (χ4n) is 3.39. The number of benzene rings is 1. The van der Waals surface area contributed by atoms with E-state index in [0.717, 1.165) is 48.4 Å². The molecule has 27 heavy (non-hydrogen) atoms. The molecule has 148 valence electrons. The molecule has 0 heterocycles. The van der Waals surface area contributed by atoms with Gasteiger partial charge < -0.3 is 10.1 Å². The first-order chi connectivity index (χ1) is 12.9. The second-order valence-electron chi connectivity index (χ2n) is 6.91. The van der Waals surface area contributed by atoms with Crippen molar-refractivity contribution in [2.45, 2.75) is 44.6 Å². The Hall–Kier alpha value is -1.67. The highest BCUT2D eigenvalue weighted by Crippen LogP contribution is 2.46. The quantitative estimate of drug-likeness (QED) is 0.206. The van der Waals surface area contributed by atoms with Gasteiger partial charge in [-0.1, -0.05) is 30.8 Å². The van der Waals surface area contributed by atoms with Gasteiger partial charge in [-0.25, -0.2) is 4.79 Å². The number of thiocarbonyl (C=S) groups is 1. The molecule has 1 saturated carbocycles. The number of thioether (sulfide) groups is 1. The van der Waals surface area contributed by atoms with Crippen molar-refractivity contribution in [1.82, 2.24) is 5.32 Å². The topological polar surface area (TPSA) is 81.5 Å². The Balaban J connectivity index is 2.06. The van der Waals surface area contributed by atoms with E-state index in [2.05, 4.69) is 11.6 Å². The second kappa shape index (κ2) is 10.0. The van der Waals surface area contributed by atoms with Gasteiger partial charge >= 0.3 is 5.97 Å². The number of carbonyl (C=O) groups excluding carboxylic acids is 1. The highest BCUT2D eigenvalue weighted by molar-refractivity contribution is 7.98. The summed E-state index contributed by atoms with van der Waals surface area (Å²) < 4.78 is 4.94. The van der Waals surface area contributed by atoms with Crippen LogP contribution in [0, 0.1) is 15.5 Å². The van der Waals surface area contributed by atoms with E-state index in [-0.39, 0.29) is 17.1 Å². The zero-order chi connectivity index (χ0) is 19.9. The molecule has 6 nitrogen and oxygen atoms in total. The van der Waals surface area contributed by atoms with E-state index < -0.39 is 11.0 Å². The molecule has 0 bridgehead atoms. The van der Waals surface area contributed by atoms with Gasteiger partial charge in [0.15, 0.2) is 0 Å². The summed E-state index contributed by atoms with van der Waals surface area (Å²) >= 11 is 7.52. The Bertz CT molecular complexity index is 675. The average Bonchev–Trinajstić information content (AvgIpc) is 2.63. The van der Waals surface area contributed by atoms with Gasteiger partial charge in [0.2, 0.25) is 0 Å². The van der Waals surface area contributed by atoms with Crippen molar-refractivity contribution >= 4 is 40.6 Å². The predicted molar refractivity (Wildman–Crippen MR) is 112 cm³/mol. The van der Waals surface area contributed by atoms with Gasteiger partial charge in [0.05, 0.1) is 17.0 Å². The standard InChI is InChI=1S/C19H26N2O4S2/c1-25-17(22)16(13-14-5-7-15(8-6-14)21(23)24)20-18(26)19(9-3-10-19)11-4-12-27-2/h5-8,16H,3-4,9-13H2,1-2H3,(H,20,26). The number of methoxy groups -OCH3 is 1. The molecule has 1 aliphatic carbocycles. The lowest BCUT2D eigenvalue weighted by atomic mass is 9.66. The maximum absolute atomic E-state index is 12.3. The third kappa shape index (κ3) is 5.65. The number of esters is 1. The minimum absolute atomic E-state index is 0.00713. The normalized spacial score (nSPS) is 16.1. The molecule has 1 fully saturated rings. The zero-order valence-corrected chi connectivity index (χ0v) is 17.4. The molecular formula is C19H26N2O4S2. The van der Waals surface area contributed by atoms with Crippen LogP contribution in [0.2, 0.25) is 0 Å². The monoisotopic (exact) mass is 410 g/mol. The Labute approximate surface area is 169 Å². The van der Waals surface area contributed by atoms with Crippen LogP contribution in [-0.4, -0.2) is 41.0 Å². The molecular weight excluding hydrogens is 384 g/mol. The number of ether oxygens (including phenoxy) is 1. The molecule has 1 aromatic carbocycles. The van der Waals surface area contributed by atoms with E-state index in [1.807, 2.05) is 11.8 Å². The maximum atomic E-state index is 12.3. The summed E-state index contributed by atoms with van der Waals surface area (Å²) in [5, 5.41) is 14.0. The molecule has 0 spiro atoms. The smallest absolute Gasteiger partial charge is 0.328 e. The third-order valence-corrected chi connectivity index (χ3v) is 6.42. The number of carbonyl (C=O) groups is 1. The van der Waals surface area contributed by atoms with Crippen LogP contribution in [0.25, 0.3) is 0 Å². The summed E-state index contributed by atoms with van der Waals surface area (Å²) in [6, 6.07) is 5.62. The molecule has 2 rings (SSSR count). The highest BCUT2D eigenvalue weighted by Gasteiger charge is 2.41. The Morgan fingerprint density at radius 2 is 2.07 bits per heavy atom. The first-order valence-electron chi connectivity index (χ1n) is 9.03. The molecule has 8 heteroatoms. The number of nitrogens with zero attached hydrogens (tertiary/aromatic N) is 1. The van der Waals surface area contributed by atoms with Crippen LogP contribution < -0.4 is 5.32 Å². The molecule has 0 radical (unpaired) electrons. The third-order valence-electron chi connectivity index (χ3n) is 5.17. The Morgan fingerprint density at radius 3 is 2.56 bits per heavy atom. The SMILES string of the molecule is COC(=O)C(Cc1ccc([N+](=O)[O-])cc1)NC(=S)C1(CCCSC)CCC1. The van der Waals surface area contributed by atoms with E-state index in [0.29, 0.717) is 6.42 Å². The van der Waals surface area contributed by atoms with Gasteiger partial charge in [-0.15, -0.1) is 0 Å². The van der Waals surface area contributed by atoms with E-state index in [9.17, 15) is 14.9 Å². The van der Waals surface area contributed by atoms with Gasteiger partial charge in [0, 0.05) is 24.0 Å². The number of nitro groups is 1. The minimum atomic E-state index is -0.595. The van der Waals surface area contributed by atoms with Crippen LogP contribution >= 0.6 is 24.0 Å². The van der Waals surface area contributed by atoms with Crippen molar-refractivity contribution < 1.29 is 14.5 Å². The molecule has 1 N–H and O–H groups in total. The number of nitro benzene ring substituents is 1. The van der Waals surface area contributed by atoms with Crippen molar-refractivity contribution in [2.75, 3.05) is 19.1 Å². The molecule has 1 aromatic rings. The van der Waals surface area contributed by atoms with Crippen LogP contribution in [0.1, 0.15) is 37.7 Å². The van der Waals surface area contributed by atoms with Crippen molar-refractivity contribution in [2.24, 2.45) is 5.41 Å². The molecule has 0 aromatic heterocycles. The summed E-state index contributed by atoms with van der Waals surface area (Å²) in [6.45, 7) is 0. The maximum Gasteiger partial charge on any atom is 0.328 e. The summed E-state index contributed by atoms with van der Waals surface area (Å²) in [6.07, 6.45) is 7.87. The van der Waals surface area contributed by atoms with Gasteiger partial charge in [-0.05, 0) is 43.3 Å². The summed E-state index contributed by atoms with van der Waals surface area (Å²) in [4.78, 5) is 23.4. The fourth-order valence-corrected chi connectivity index (χ4v) is 4.27. The van der Waals surface area contributed by atoms with Crippen molar-refractivity contribution in [3.63, 3.8) is 0 Å². The van der Waals surface area contributed by atoms with E-state index in [1.165, 1.54) is 19.2 Å². The summed E-state index contributed by atoms with van der Waals surface area (Å²) in [7, 11) is 1.35. The average molecular weight is 411 g/mol. The first kappa shape index (κ1) is 21.6. The van der Waals surface area contributed by atoms with E-state index in [1.54, 1.807) is 12.1 Å². The van der Waals surface area contributed by atoms with Crippen LogP contribution in [0.5, 0.6) is 0 Å². The lowest BCUT2D eigenvalue weighted by Crippen LogP contribution is -2.51. The summed E-state index contributed by atoms with van der Waals surface area (Å²) in [5.41, 5.74) is 0.836. The highest BCUT2D eigenvalue weighted by atomic mass is 32.2. The molecule has 0 aliphatic heterocycles. The van der Waals surface area contributed by atoms with Crippen LogP contribution in [0.15, 0.2) is 24.3 Å². The van der Waals surface area contributed by atoms with Crippen molar-refractivity contribution in [1.29, 1.82) is 0 Å². The Morgan fingerprint density at radius 1 is 1.41 bits per heavy atom. The lowest BCUT2D eigenvalue weighted by Gasteiger charge is -2.43. The predicted octanol–water partition coefficient (Wildman–Crippen LogP) is 3.91. The van der Waals surface area contributed by atoms with Gasteiger partial charge in [-0.3, -0.25) is 10.1 Å².